The van der Waals surface area contributed by atoms with Crippen LogP contribution in [-0.2, 0) is 12.0 Å². The molecule has 3 heterocycles. The molecule has 4 nitrogen and oxygen atoms in total. The Kier molecular flexibility index (Phi) is 2.58. The van der Waals surface area contributed by atoms with Gasteiger partial charge in [0.15, 0.2) is 0 Å². The fourth-order valence-electron chi connectivity index (χ4n) is 3.66. The average molecular weight is 248 g/mol. The summed E-state index contributed by atoms with van der Waals surface area (Å²) < 4.78 is 2.11. The molecule has 1 fully saturated rings. The van der Waals surface area contributed by atoms with Gasteiger partial charge in [0.05, 0.1) is 6.54 Å². The first-order valence-electron chi connectivity index (χ1n) is 6.96. The Morgan fingerprint density at radius 1 is 1.33 bits per heavy atom. The summed E-state index contributed by atoms with van der Waals surface area (Å²) in [6, 6.07) is 2.41. The van der Waals surface area contributed by atoms with Crippen LogP contribution in [0.2, 0.25) is 0 Å². The molecule has 0 saturated carbocycles. The van der Waals surface area contributed by atoms with E-state index in [-0.39, 0.29) is 17.0 Å². The summed E-state index contributed by atoms with van der Waals surface area (Å²) in [6.45, 7) is 10.1. The molecule has 2 aliphatic heterocycles. The SMILES string of the molecule is CC(C)(C)N1CCC2(CC1)c1ccnn1CC2N. The normalized spacial score (nSPS) is 27.7. The molecule has 0 aromatic carbocycles. The maximum Gasteiger partial charge on any atom is 0.0573 e. The molecule has 1 atom stereocenters. The first kappa shape index (κ1) is 12.2. The predicted octanol–water partition coefficient (Wildman–Crippen LogP) is 1.36. The van der Waals surface area contributed by atoms with E-state index in [0.717, 1.165) is 32.5 Å². The first-order chi connectivity index (χ1) is 8.43. The molecule has 3 rings (SSSR count). The van der Waals surface area contributed by atoms with Crippen molar-refractivity contribution in [3.05, 3.63) is 18.0 Å². The van der Waals surface area contributed by atoms with Crippen LogP contribution in [0.1, 0.15) is 39.3 Å². The van der Waals surface area contributed by atoms with E-state index in [2.05, 4.69) is 41.5 Å². The van der Waals surface area contributed by atoms with Crippen molar-refractivity contribution in [3.8, 4) is 0 Å². The maximum absolute atomic E-state index is 6.41. The molecule has 2 N–H and O–H groups in total. The Hall–Kier alpha value is -0.870. The van der Waals surface area contributed by atoms with Gasteiger partial charge >= 0.3 is 0 Å². The van der Waals surface area contributed by atoms with Crippen molar-refractivity contribution in [3.63, 3.8) is 0 Å². The summed E-state index contributed by atoms with van der Waals surface area (Å²) in [5.41, 5.74) is 8.23. The third-order valence-electron chi connectivity index (χ3n) is 4.91. The lowest BCUT2D eigenvalue weighted by Gasteiger charge is -2.46. The summed E-state index contributed by atoms with van der Waals surface area (Å²) in [5.74, 6) is 0. The maximum atomic E-state index is 6.41. The van der Waals surface area contributed by atoms with Crippen LogP contribution in [0, 0.1) is 0 Å². The minimum atomic E-state index is 0.179. The Morgan fingerprint density at radius 3 is 2.61 bits per heavy atom. The fourth-order valence-corrected chi connectivity index (χ4v) is 3.66. The van der Waals surface area contributed by atoms with Gasteiger partial charge in [0.2, 0.25) is 0 Å². The Balaban J connectivity index is 1.84. The number of nitrogens with two attached hydrogens (primary N) is 1. The van der Waals surface area contributed by atoms with E-state index in [1.165, 1.54) is 5.69 Å². The second kappa shape index (κ2) is 3.81. The van der Waals surface area contributed by atoms with E-state index >= 15 is 0 Å². The monoisotopic (exact) mass is 248 g/mol. The second-order valence-corrected chi connectivity index (χ2v) is 6.82. The number of rotatable bonds is 0. The number of likely N-dealkylation sites (tertiary alicyclic amines) is 1. The largest absolute Gasteiger partial charge is 0.325 e. The number of fused-ring (bicyclic) bond motifs is 2. The van der Waals surface area contributed by atoms with E-state index in [1.807, 2.05) is 6.20 Å². The number of hydrogen-bond acceptors (Lipinski definition) is 3. The van der Waals surface area contributed by atoms with E-state index < -0.39 is 0 Å². The number of nitrogens with zero attached hydrogens (tertiary/aromatic N) is 3. The smallest absolute Gasteiger partial charge is 0.0573 e. The van der Waals surface area contributed by atoms with E-state index in [1.54, 1.807) is 0 Å². The first-order valence-corrected chi connectivity index (χ1v) is 6.96. The van der Waals surface area contributed by atoms with Gasteiger partial charge < -0.3 is 5.73 Å². The van der Waals surface area contributed by atoms with Gasteiger partial charge in [-0.25, -0.2) is 0 Å². The molecule has 2 aliphatic rings. The molecule has 0 bridgehead atoms. The van der Waals surface area contributed by atoms with Gasteiger partial charge in [-0.2, -0.15) is 5.10 Å². The standard InChI is InChI=1S/C14H24N4/c1-13(2,3)17-8-5-14(6-9-17)11(15)10-18-12(14)4-7-16-18/h4,7,11H,5-6,8-10,15H2,1-3H3. The molecule has 0 amide bonds. The van der Waals surface area contributed by atoms with Gasteiger partial charge in [0.1, 0.15) is 0 Å². The van der Waals surface area contributed by atoms with Crippen LogP contribution in [-0.4, -0.2) is 39.4 Å². The van der Waals surface area contributed by atoms with Gasteiger partial charge in [0.25, 0.3) is 0 Å². The topological polar surface area (TPSA) is 47.1 Å². The molecule has 1 unspecified atom stereocenters. The zero-order valence-electron chi connectivity index (χ0n) is 11.7. The Labute approximate surface area is 109 Å². The molecule has 18 heavy (non-hydrogen) atoms. The highest BCUT2D eigenvalue weighted by Crippen LogP contribution is 2.43. The molecule has 4 heteroatoms. The lowest BCUT2D eigenvalue weighted by molar-refractivity contribution is 0.0689. The summed E-state index contributed by atoms with van der Waals surface area (Å²) in [4.78, 5) is 2.57. The summed E-state index contributed by atoms with van der Waals surface area (Å²) in [6.07, 6.45) is 4.24. The summed E-state index contributed by atoms with van der Waals surface area (Å²) in [7, 11) is 0. The van der Waals surface area contributed by atoms with Crippen molar-refractivity contribution in [2.75, 3.05) is 13.1 Å². The molecular weight excluding hydrogens is 224 g/mol. The average Bonchev–Trinajstić information content (AvgIpc) is 2.83. The van der Waals surface area contributed by atoms with E-state index in [0.29, 0.717) is 0 Å². The quantitative estimate of drug-likeness (QED) is 0.754. The summed E-state index contributed by atoms with van der Waals surface area (Å²) in [5, 5.41) is 4.39. The Bertz CT molecular complexity index is 435. The van der Waals surface area contributed by atoms with Crippen molar-refractivity contribution in [2.45, 2.75) is 57.2 Å². The molecule has 1 aromatic heterocycles. The highest BCUT2D eigenvalue weighted by atomic mass is 15.3. The molecule has 1 aromatic rings. The van der Waals surface area contributed by atoms with Crippen LogP contribution in [0.4, 0.5) is 0 Å². The van der Waals surface area contributed by atoms with Gasteiger partial charge in [-0.05, 0) is 52.8 Å². The zero-order chi connectivity index (χ0) is 13.0. The van der Waals surface area contributed by atoms with Crippen molar-refractivity contribution >= 4 is 0 Å². The lowest BCUT2D eigenvalue weighted by Crippen LogP contribution is -2.54. The highest BCUT2D eigenvalue weighted by molar-refractivity contribution is 5.26. The van der Waals surface area contributed by atoms with Crippen molar-refractivity contribution in [2.24, 2.45) is 5.73 Å². The molecule has 1 spiro atoms. The van der Waals surface area contributed by atoms with Crippen molar-refractivity contribution < 1.29 is 0 Å². The minimum Gasteiger partial charge on any atom is -0.325 e. The molecule has 100 valence electrons. The number of hydrogen-bond donors (Lipinski definition) is 1. The molecule has 1 saturated heterocycles. The number of piperidine rings is 1. The Morgan fingerprint density at radius 2 is 2.00 bits per heavy atom. The van der Waals surface area contributed by atoms with Crippen molar-refractivity contribution in [1.29, 1.82) is 0 Å². The summed E-state index contributed by atoms with van der Waals surface area (Å²) >= 11 is 0. The zero-order valence-corrected chi connectivity index (χ0v) is 11.7. The van der Waals surface area contributed by atoms with Crippen LogP contribution in [0.25, 0.3) is 0 Å². The van der Waals surface area contributed by atoms with Gasteiger partial charge in [-0.15, -0.1) is 0 Å². The minimum absolute atomic E-state index is 0.179. The van der Waals surface area contributed by atoms with Gasteiger partial charge in [0, 0.05) is 28.9 Å². The van der Waals surface area contributed by atoms with Crippen LogP contribution in [0.3, 0.4) is 0 Å². The van der Waals surface area contributed by atoms with Crippen LogP contribution in [0.5, 0.6) is 0 Å². The van der Waals surface area contributed by atoms with Gasteiger partial charge in [-0.1, -0.05) is 0 Å². The molecule has 0 aliphatic carbocycles. The third-order valence-corrected chi connectivity index (χ3v) is 4.91. The third kappa shape index (κ3) is 1.62. The number of aromatic nitrogens is 2. The van der Waals surface area contributed by atoms with E-state index in [4.69, 9.17) is 5.73 Å². The lowest BCUT2D eigenvalue weighted by atomic mass is 9.71. The van der Waals surface area contributed by atoms with E-state index in [9.17, 15) is 0 Å². The van der Waals surface area contributed by atoms with Gasteiger partial charge in [-0.3, -0.25) is 9.58 Å². The molecule has 0 radical (unpaired) electrons. The molecular formula is C14H24N4. The fraction of sp³-hybridized carbons (Fsp3) is 0.786. The van der Waals surface area contributed by atoms with Crippen molar-refractivity contribution in [1.82, 2.24) is 14.7 Å². The predicted molar refractivity (Wildman–Crippen MR) is 72.4 cm³/mol. The highest BCUT2D eigenvalue weighted by Gasteiger charge is 2.48. The van der Waals surface area contributed by atoms with Crippen LogP contribution >= 0.6 is 0 Å². The second-order valence-electron chi connectivity index (χ2n) is 6.82. The van der Waals surface area contributed by atoms with Crippen LogP contribution < -0.4 is 5.73 Å². The van der Waals surface area contributed by atoms with Crippen LogP contribution in [0.15, 0.2) is 12.3 Å².